The molecule has 1 aromatic carbocycles. The first-order chi connectivity index (χ1) is 8.29. The van der Waals surface area contributed by atoms with E-state index in [1.165, 1.54) is 0 Å². The van der Waals surface area contributed by atoms with Gasteiger partial charge in [-0.05, 0) is 37.1 Å². The molecular formula is C15H13NO. The van der Waals surface area contributed by atoms with Crippen molar-refractivity contribution in [2.75, 3.05) is 7.11 Å². The maximum absolute atomic E-state index is 5.22. The van der Waals surface area contributed by atoms with Gasteiger partial charge in [0, 0.05) is 11.3 Å². The molecule has 0 N–H and O–H groups in total. The van der Waals surface area contributed by atoms with Crippen molar-refractivity contribution in [3.63, 3.8) is 0 Å². The minimum atomic E-state index is 0.677. The Kier molecular flexibility index (Phi) is 3.42. The van der Waals surface area contributed by atoms with Crippen LogP contribution in [0.15, 0.2) is 42.5 Å². The van der Waals surface area contributed by atoms with Gasteiger partial charge in [0.15, 0.2) is 11.4 Å². The van der Waals surface area contributed by atoms with Gasteiger partial charge in [-0.2, -0.15) is 0 Å². The number of benzene rings is 1. The highest BCUT2D eigenvalue weighted by atomic mass is 16.5. The van der Waals surface area contributed by atoms with E-state index in [2.05, 4.69) is 16.8 Å². The van der Waals surface area contributed by atoms with Crippen LogP contribution >= 0.6 is 0 Å². The van der Waals surface area contributed by atoms with Crippen molar-refractivity contribution in [1.82, 2.24) is 4.98 Å². The number of aromatic nitrogens is 1. The Morgan fingerprint density at radius 2 is 1.76 bits per heavy atom. The quantitative estimate of drug-likeness (QED) is 0.693. The number of hydrogen-bond acceptors (Lipinski definition) is 2. The van der Waals surface area contributed by atoms with Crippen molar-refractivity contribution < 1.29 is 4.74 Å². The second-order valence-electron chi connectivity index (χ2n) is 3.62. The van der Waals surface area contributed by atoms with Crippen molar-refractivity contribution in [2.45, 2.75) is 6.92 Å². The molecule has 2 rings (SSSR count). The van der Waals surface area contributed by atoms with Gasteiger partial charge >= 0.3 is 0 Å². The third-order valence-electron chi connectivity index (χ3n) is 2.32. The summed E-state index contributed by atoms with van der Waals surface area (Å²) in [5.74, 6) is 6.81. The first kappa shape index (κ1) is 11.2. The summed E-state index contributed by atoms with van der Waals surface area (Å²) in [7, 11) is 1.63. The molecule has 1 aromatic heterocycles. The predicted octanol–water partition coefficient (Wildman–Crippen LogP) is 2.80. The summed E-state index contributed by atoms with van der Waals surface area (Å²) < 4.78 is 5.22. The smallest absolute Gasteiger partial charge is 0.155 e. The molecule has 0 fully saturated rings. The highest BCUT2D eigenvalue weighted by Crippen LogP contribution is 2.15. The summed E-state index contributed by atoms with van der Waals surface area (Å²) in [4.78, 5) is 4.36. The molecule has 0 amide bonds. The fourth-order valence-corrected chi connectivity index (χ4v) is 1.45. The molecule has 0 bridgehead atoms. The van der Waals surface area contributed by atoms with Crippen molar-refractivity contribution in [1.29, 1.82) is 0 Å². The average molecular weight is 223 g/mol. The van der Waals surface area contributed by atoms with Crippen molar-refractivity contribution >= 4 is 0 Å². The van der Waals surface area contributed by atoms with E-state index in [0.29, 0.717) is 11.4 Å². The number of pyridine rings is 1. The fourth-order valence-electron chi connectivity index (χ4n) is 1.45. The molecule has 0 unspecified atom stereocenters. The van der Waals surface area contributed by atoms with Gasteiger partial charge in [-0.3, -0.25) is 0 Å². The molecule has 0 aliphatic carbocycles. The molecule has 2 aromatic rings. The van der Waals surface area contributed by atoms with Crippen LogP contribution in [-0.4, -0.2) is 12.1 Å². The molecule has 0 saturated heterocycles. The lowest BCUT2D eigenvalue weighted by Crippen LogP contribution is -1.93. The molecule has 17 heavy (non-hydrogen) atoms. The van der Waals surface area contributed by atoms with E-state index in [-0.39, 0.29) is 0 Å². The Bertz CT molecular complexity index is 564. The number of methoxy groups -OCH3 is 1. The van der Waals surface area contributed by atoms with E-state index in [1.807, 2.05) is 49.4 Å². The molecule has 0 radical (unpaired) electrons. The lowest BCUT2D eigenvalue weighted by molar-refractivity contribution is 0.411. The van der Waals surface area contributed by atoms with Crippen LogP contribution in [0.4, 0.5) is 0 Å². The van der Waals surface area contributed by atoms with E-state index in [1.54, 1.807) is 7.11 Å². The maximum atomic E-state index is 5.22. The van der Waals surface area contributed by atoms with Gasteiger partial charge in [-0.15, -0.1) is 0 Å². The first-order valence-corrected chi connectivity index (χ1v) is 5.38. The monoisotopic (exact) mass is 223 g/mol. The van der Waals surface area contributed by atoms with Gasteiger partial charge < -0.3 is 4.74 Å². The third-order valence-corrected chi connectivity index (χ3v) is 2.32. The fraction of sp³-hybridized carbons (Fsp3) is 0.133. The molecule has 0 saturated carbocycles. The summed E-state index contributed by atoms with van der Waals surface area (Å²) in [5, 5.41) is 0. The van der Waals surface area contributed by atoms with E-state index in [9.17, 15) is 0 Å². The second kappa shape index (κ2) is 5.18. The zero-order chi connectivity index (χ0) is 12.1. The Morgan fingerprint density at radius 3 is 2.47 bits per heavy atom. The molecule has 84 valence electrons. The lowest BCUT2D eigenvalue weighted by atomic mass is 10.2. The van der Waals surface area contributed by atoms with Crippen LogP contribution in [0.3, 0.4) is 0 Å². The Morgan fingerprint density at radius 1 is 1.00 bits per heavy atom. The number of hydrogen-bond donors (Lipinski definition) is 0. The number of rotatable bonds is 1. The van der Waals surface area contributed by atoms with Gasteiger partial charge in [-0.25, -0.2) is 4.98 Å². The SMILES string of the molecule is COc1ccc(C)nc1C#Cc1ccccc1. The average Bonchev–Trinajstić information content (AvgIpc) is 2.38. The van der Waals surface area contributed by atoms with E-state index < -0.39 is 0 Å². The molecule has 1 heterocycles. The summed E-state index contributed by atoms with van der Waals surface area (Å²) in [6.45, 7) is 1.94. The van der Waals surface area contributed by atoms with Crippen LogP contribution < -0.4 is 4.74 Å². The number of aryl methyl sites for hydroxylation is 1. The molecule has 2 heteroatoms. The van der Waals surface area contributed by atoms with Gasteiger partial charge in [0.05, 0.1) is 7.11 Å². The minimum absolute atomic E-state index is 0.677. The van der Waals surface area contributed by atoms with Crippen molar-refractivity contribution in [3.8, 4) is 17.6 Å². The van der Waals surface area contributed by atoms with Gasteiger partial charge in [0.1, 0.15) is 0 Å². The zero-order valence-corrected chi connectivity index (χ0v) is 9.90. The molecule has 2 nitrogen and oxygen atoms in total. The zero-order valence-electron chi connectivity index (χ0n) is 9.90. The van der Waals surface area contributed by atoms with Gasteiger partial charge in [0.2, 0.25) is 0 Å². The van der Waals surface area contributed by atoms with E-state index in [0.717, 1.165) is 11.3 Å². The predicted molar refractivity (Wildman–Crippen MR) is 67.9 cm³/mol. The molecule has 0 aliphatic rings. The first-order valence-electron chi connectivity index (χ1n) is 5.38. The normalized spacial score (nSPS) is 9.29. The van der Waals surface area contributed by atoms with Crippen LogP contribution in [0.2, 0.25) is 0 Å². The topological polar surface area (TPSA) is 22.1 Å². The highest BCUT2D eigenvalue weighted by Gasteiger charge is 2.00. The van der Waals surface area contributed by atoms with Crippen molar-refractivity contribution in [3.05, 3.63) is 59.4 Å². The Hall–Kier alpha value is -2.27. The summed E-state index contributed by atoms with van der Waals surface area (Å²) in [5.41, 5.74) is 2.58. The van der Waals surface area contributed by atoms with E-state index >= 15 is 0 Å². The number of nitrogens with zero attached hydrogens (tertiary/aromatic N) is 1. The van der Waals surface area contributed by atoms with Crippen LogP contribution in [0.5, 0.6) is 5.75 Å². The molecule has 0 atom stereocenters. The number of ether oxygens (including phenoxy) is 1. The molecular weight excluding hydrogens is 210 g/mol. The Labute approximate surface area is 101 Å². The largest absolute Gasteiger partial charge is 0.494 e. The van der Waals surface area contributed by atoms with Crippen LogP contribution in [0.25, 0.3) is 0 Å². The van der Waals surface area contributed by atoms with Crippen molar-refractivity contribution in [2.24, 2.45) is 0 Å². The second-order valence-corrected chi connectivity index (χ2v) is 3.62. The van der Waals surface area contributed by atoms with Gasteiger partial charge in [-0.1, -0.05) is 24.1 Å². The van der Waals surface area contributed by atoms with Crippen LogP contribution in [0.1, 0.15) is 17.0 Å². The highest BCUT2D eigenvalue weighted by molar-refractivity contribution is 5.46. The van der Waals surface area contributed by atoms with Crippen LogP contribution in [0, 0.1) is 18.8 Å². The summed E-state index contributed by atoms with van der Waals surface area (Å²) in [6, 6.07) is 13.6. The molecule has 0 spiro atoms. The maximum Gasteiger partial charge on any atom is 0.155 e. The van der Waals surface area contributed by atoms with Crippen LogP contribution in [-0.2, 0) is 0 Å². The third kappa shape index (κ3) is 2.85. The standard InChI is InChI=1S/C15H13NO/c1-12-8-11-15(17-2)14(16-12)10-9-13-6-4-3-5-7-13/h3-8,11H,1-2H3. The summed E-state index contributed by atoms with van der Waals surface area (Å²) in [6.07, 6.45) is 0. The van der Waals surface area contributed by atoms with E-state index in [4.69, 9.17) is 4.74 Å². The summed E-state index contributed by atoms with van der Waals surface area (Å²) >= 11 is 0. The van der Waals surface area contributed by atoms with Gasteiger partial charge in [0.25, 0.3) is 0 Å². The minimum Gasteiger partial charge on any atom is -0.494 e. The lowest BCUT2D eigenvalue weighted by Gasteiger charge is -2.02. The Balaban J connectivity index is 2.36. The molecule has 0 aliphatic heterocycles.